The van der Waals surface area contributed by atoms with Gasteiger partial charge in [0.1, 0.15) is 5.82 Å². The van der Waals surface area contributed by atoms with Crippen LogP contribution in [0.3, 0.4) is 0 Å². The number of hydrogen-bond donors (Lipinski definition) is 1. The minimum Gasteiger partial charge on any atom is -0.352 e. The highest BCUT2D eigenvalue weighted by Gasteiger charge is 2.24. The molecule has 0 spiro atoms. The SMILES string of the molecule is Cc1cnc(NCC2CCCCN2c2ccc(=O)n(C)n2)nc1. The highest BCUT2D eigenvalue weighted by Crippen LogP contribution is 2.22. The van der Waals surface area contributed by atoms with Crippen LogP contribution in [0.2, 0.25) is 0 Å². The van der Waals surface area contributed by atoms with Gasteiger partial charge in [0.2, 0.25) is 5.95 Å². The molecule has 7 heteroatoms. The first kappa shape index (κ1) is 15.5. The predicted molar refractivity (Wildman–Crippen MR) is 89.7 cm³/mol. The number of hydrogen-bond acceptors (Lipinski definition) is 6. The largest absolute Gasteiger partial charge is 0.352 e. The third-order valence-corrected chi connectivity index (χ3v) is 4.14. The van der Waals surface area contributed by atoms with Gasteiger partial charge in [-0.05, 0) is 37.8 Å². The van der Waals surface area contributed by atoms with Crippen LogP contribution in [0, 0.1) is 6.92 Å². The molecule has 2 aromatic heterocycles. The standard InChI is InChI=1S/C16H22N6O/c1-12-9-17-16(18-10-12)19-11-13-5-3-4-8-22(13)14-6-7-15(23)21(2)20-14/h6-7,9-10,13H,3-5,8,11H2,1-2H3,(H,17,18,19). The lowest BCUT2D eigenvalue weighted by Crippen LogP contribution is -2.45. The third-order valence-electron chi connectivity index (χ3n) is 4.14. The Bertz CT molecular complexity index is 711. The molecule has 0 aliphatic carbocycles. The lowest BCUT2D eigenvalue weighted by Gasteiger charge is -2.36. The van der Waals surface area contributed by atoms with Gasteiger partial charge in [-0.15, -0.1) is 0 Å². The van der Waals surface area contributed by atoms with Crippen LogP contribution in [-0.2, 0) is 7.05 Å². The van der Waals surface area contributed by atoms with Crippen molar-refractivity contribution in [2.45, 2.75) is 32.2 Å². The van der Waals surface area contributed by atoms with Crippen molar-refractivity contribution in [3.63, 3.8) is 0 Å². The molecular weight excluding hydrogens is 292 g/mol. The number of nitrogens with one attached hydrogen (secondary N) is 1. The summed E-state index contributed by atoms with van der Waals surface area (Å²) in [6, 6.07) is 3.70. The first-order valence-electron chi connectivity index (χ1n) is 7.97. The van der Waals surface area contributed by atoms with E-state index in [9.17, 15) is 4.79 Å². The van der Waals surface area contributed by atoms with E-state index in [1.54, 1.807) is 13.1 Å². The highest BCUT2D eigenvalue weighted by atomic mass is 16.1. The Morgan fingerprint density at radius 3 is 2.78 bits per heavy atom. The second-order valence-corrected chi connectivity index (χ2v) is 5.96. The predicted octanol–water partition coefficient (Wildman–Crippen LogP) is 1.35. The Morgan fingerprint density at radius 2 is 2.04 bits per heavy atom. The Hall–Kier alpha value is -2.44. The van der Waals surface area contributed by atoms with Crippen LogP contribution in [0.5, 0.6) is 0 Å². The smallest absolute Gasteiger partial charge is 0.266 e. The average molecular weight is 314 g/mol. The van der Waals surface area contributed by atoms with Crippen LogP contribution in [0.4, 0.5) is 11.8 Å². The molecule has 0 saturated carbocycles. The Kier molecular flexibility index (Phi) is 4.55. The molecule has 0 radical (unpaired) electrons. The molecule has 2 aromatic rings. The van der Waals surface area contributed by atoms with Gasteiger partial charge < -0.3 is 10.2 Å². The van der Waals surface area contributed by atoms with E-state index in [0.717, 1.165) is 37.3 Å². The molecule has 1 saturated heterocycles. The molecule has 23 heavy (non-hydrogen) atoms. The molecule has 0 aromatic carbocycles. The monoisotopic (exact) mass is 314 g/mol. The molecule has 3 heterocycles. The lowest BCUT2D eigenvalue weighted by molar-refractivity contribution is 0.464. The number of piperidine rings is 1. The van der Waals surface area contributed by atoms with E-state index in [-0.39, 0.29) is 5.56 Å². The van der Waals surface area contributed by atoms with Crippen molar-refractivity contribution in [2.75, 3.05) is 23.3 Å². The maximum atomic E-state index is 11.5. The third kappa shape index (κ3) is 3.67. The molecule has 1 aliphatic rings. The fourth-order valence-corrected chi connectivity index (χ4v) is 2.85. The van der Waals surface area contributed by atoms with E-state index in [1.807, 2.05) is 25.4 Å². The van der Waals surface area contributed by atoms with Crippen molar-refractivity contribution in [3.8, 4) is 0 Å². The number of aryl methyl sites for hydroxylation is 2. The minimum atomic E-state index is -0.0894. The Morgan fingerprint density at radius 1 is 1.26 bits per heavy atom. The first-order chi connectivity index (χ1) is 11.1. The fraction of sp³-hybridized carbons (Fsp3) is 0.500. The highest BCUT2D eigenvalue weighted by molar-refractivity contribution is 5.40. The molecule has 1 aliphatic heterocycles. The molecule has 3 rings (SSSR count). The molecule has 1 unspecified atom stereocenters. The van der Waals surface area contributed by atoms with E-state index in [2.05, 4.69) is 25.3 Å². The fourth-order valence-electron chi connectivity index (χ4n) is 2.85. The summed E-state index contributed by atoms with van der Waals surface area (Å²) in [5, 5.41) is 7.69. The molecule has 1 fully saturated rings. The van der Waals surface area contributed by atoms with Crippen LogP contribution in [-0.4, -0.2) is 38.9 Å². The van der Waals surface area contributed by atoms with Crippen LogP contribution in [0.15, 0.2) is 29.3 Å². The van der Waals surface area contributed by atoms with E-state index in [1.165, 1.54) is 11.1 Å². The van der Waals surface area contributed by atoms with Crippen molar-refractivity contribution in [1.29, 1.82) is 0 Å². The summed E-state index contributed by atoms with van der Waals surface area (Å²) in [7, 11) is 1.68. The number of nitrogens with zero attached hydrogens (tertiary/aromatic N) is 5. The molecule has 122 valence electrons. The van der Waals surface area contributed by atoms with Gasteiger partial charge in [0.05, 0.1) is 0 Å². The summed E-state index contributed by atoms with van der Waals surface area (Å²) >= 11 is 0. The van der Waals surface area contributed by atoms with Crippen molar-refractivity contribution < 1.29 is 0 Å². The first-order valence-corrected chi connectivity index (χ1v) is 7.97. The Labute approximate surface area is 135 Å². The number of rotatable bonds is 4. The van der Waals surface area contributed by atoms with E-state index >= 15 is 0 Å². The molecular formula is C16H22N6O. The van der Waals surface area contributed by atoms with Gasteiger partial charge in [0.25, 0.3) is 5.56 Å². The number of aromatic nitrogens is 4. The molecule has 7 nitrogen and oxygen atoms in total. The average Bonchev–Trinajstić information content (AvgIpc) is 2.57. The Balaban J connectivity index is 1.72. The summed E-state index contributed by atoms with van der Waals surface area (Å²) in [5.74, 6) is 1.50. The van der Waals surface area contributed by atoms with E-state index in [4.69, 9.17) is 0 Å². The molecule has 1 N–H and O–H groups in total. The van der Waals surface area contributed by atoms with Gasteiger partial charge >= 0.3 is 0 Å². The molecule has 1 atom stereocenters. The van der Waals surface area contributed by atoms with Gasteiger partial charge in [0.15, 0.2) is 0 Å². The second-order valence-electron chi connectivity index (χ2n) is 5.96. The minimum absolute atomic E-state index is 0.0894. The normalized spacial score (nSPS) is 18.0. The lowest BCUT2D eigenvalue weighted by atomic mass is 10.0. The maximum Gasteiger partial charge on any atom is 0.266 e. The second kappa shape index (κ2) is 6.76. The quantitative estimate of drug-likeness (QED) is 0.918. The zero-order chi connectivity index (χ0) is 16.2. The topological polar surface area (TPSA) is 75.9 Å². The summed E-state index contributed by atoms with van der Waals surface area (Å²) in [4.78, 5) is 22.4. The van der Waals surface area contributed by atoms with E-state index < -0.39 is 0 Å². The van der Waals surface area contributed by atoms with Crippen molar-refractivity contribution in [3.05, 3.63) is 40.4 Å². The summed E-state index contributed by atoms with van der Waals surface area (Å²) < 4.78 is 1.39. The van der Waals surface area contributed by atoms with Crippen LogP contribution in [0.1, 0.15) is 24.8 Å². The van der Waals surface area contributed by atoms with Crippen molar-refractivity contribution in [1.82, 2.24) is 19.7 Å². The van der Waals surface area contributed by atoms with E-state index in [0.29, 0.717) is 12.0 Å². The van der Waals surface area contributed by atoms with Crippen LogP contribution in [0.25, 0.3) is 0 Å². The number of anilines is 2. The zero-order valence-electron chi connectivity index (χ0n) is 13.6. The summed E-state index contributed by atoms with van der Waals surface area (Å²) in [5.41, 5.74) is 0.956. The van der Waals surface area contributed by atoms with Gasteiger partial charge in [-0.3, -0.25) is 4.79 Å². The van der Waals surface area contributed by atoms with Gasteiger partial charge in [-0.1, -0.05) is 0 Å². The summed E-state index contributed by atoms with van der Waals surface area (Å²) in [6.07, 6.45) is 7.04. The zero-order valence-corrected chi connectivity index (χ0v) is 13.6. The van der Waals surface area contributed by atoms with Gasteiger partial charge in [-0.25, -0.2) is 14.6 Å². The van der Waals surface area contributed by atoms with Crippen molar-refractivity contribution in [2.24, 2.45) is 7.05 Å². The van der Waals surface area contributed by atoms with Gasteiger partial charge in [-0.2, -0.15) is 5.10 Å². The summed E-state index contributed by atoms with van der Waals surface area (Å²) in [6.45, 7) is 3.68. The van der Waals surface area contributed by atoms with Crippen LogP contribution < -0.4 is 15.8 Å². The van der Waals surface area contributed by atoms with Gasteiger partial charge in [0, 0.05) is 44.6 Å². The van der Waals surface area contributed by atoms with Crippen LogP contribution >= 0.6 is 0 Å². The molecule has 0 amide bonds. The van der Waals surface area contributed by atoms with Crippen molar-refractivity contribution >= 4 is 11.8 Å². The maximum absolute atomic E-state index is 11.5. The molecule has 0 bridgehead atoms.